The van der Waals surface area contributed by atoms with Crippen LogP contribution in [0.3, 0.4) is 0 Å². The van der Waals surface area contributed by atoms with E-state index in [2.05, 4.69) is 74.1 Å². The molecule has 0 saturated carbocycles. The number of fused-ring (bicyclic) bond motifs is 1. The van der Waals surface area contributed by atoms with Crippen molar-refractivity contribution >= 4 is 10.9 Å². The zero-order chi connectivity index (χ0) is 15.6. The van der Waals surface area contributed by atoms with Crippen LogP contribution in [0.25, 0.3) is 10.9 Å². The van der Waals surface area contributed by atoms with Crippen molar-refractivity contribution in [2.75, 3.05) is 14.1 Å². The molecule has 3 N–H and O–H groups in total. The first kappa shape index (κ1) is 15.9. The predicted octanol–water partition coefficient (Wildman–Crippen LogP) is 1.77. The number of hydrogen-bond donors (Lipinski definition) is 2. The molecule has 1 aromatic carbocycles. The molecule has 0 spiro atoms. The normalized spacial score (nSPS) is 14.0. The second-order valence-corrected chi connectivity index (χ2v) is 6.25. The topological polar surface area (TPSA) is 59.1 Å². The highest BCUT2D eigenvalue weighted by Crippen LogP contribution is 2.24. The second kappa shape index (κ2) is 6.13. The van der Waals surface area contributed by atoms with Gasteiger partial charge in [-0.2, -0.15) is 5.10 Å². The Morgan fingerprint density at radius 2 is 2.00 bits per heavy atom. The van der Waals surface area contributed by atoms with Gasteiger partial charge in [-0.25, -0.2) is 0 Å². The summed E-state index contributed by atoms with van der Waals surface area (Å²) in [5.74, 6) is 5.82. The Morgan fingerprint density at radius 3 is 2.57 bits per heavy atom. The average Bonchev–Trinajstić information content (AvgIpc) is 2.82. The maximum Gasteiger partial charge on any atom is 0.0720 e. The molecule has 0 saturated heterocycles. The van der Waals surface area contributed by atoms with E-state index in [1.54, 1.807) is 0 Å². The molecule has 2 aromatic rings. The summed E-state index contributed by atoms with van der Waals surface area (Å²) in [5, 5.41) is 5.99. The van der Waals surface area contributed by atoms with Gasteiger partial charge in [-0.1, -0.05) is 18.2 Å². The Morgan fingerprint density at radius 1 is 1.33 bits per heavy atom. The van der Waals surface area contributed by atoms with Crippen molar-refractivity contribution in [3.8, 4) is 0 Å². The molecular weight excluding hydrogens is 262 g/mol. The molecule has 116 valence electrons. The standard InChI is InChI=1S/C16H27N5/c1-6-21-14-10-8-7-9-12(14)13(19-21)11-15(18-17)16(2,3)20(4)5/h7-10,15,18H,6,11,17H2,1-5H3. The van der Waals surface area contributed by atoms with E-state index in [1.165, 1.54) is 10.9 Å². The van der Waals surface area contributed by atoms with E-state index in [4.69, 9.17) is 10.9 Å². The van der Waals surface area contributed by atoms with E-state index < -0.39 is 0 Å². The average molecular weight is 289 g/mol. The van der Waals surface area contributed by atoms with Crippen LogP contribution >= 0.6 is 0 Å². The third-order valence-electron chi connectivity index (χ3n) is 4.64. The smallest absolute Gasteiger partial charge is 0.0720 e. The summed E-state index contributed by atoms with van der Waals surface area (Å²) in [6.45, 7) is 7.37. The molecule has 1 aromatic heterocycles. The third-order valence-corrected chi connectivity index (χ3v) is 4.64. The number of nitrogens with zero attached hydrogens (tertiary/aromatic N) is 3. The fourth-order valence-corrected chi connectivity index (χ4v) is 2.61. The minimum absolute atomic E-state index is 0.0636. The summed E-state index contributed by atoms with van der Waals surface area (Å²) in [7, 11) is 4.15. The molecule has 0 aliphatic heterocycles. The number of likely N-dealkylation sites (N-methyl/N-ethyl adjacent to an activating group) is 1. The van der Waals surface area contributed by atoms with Gasteiger partial charge in [0.1, 0.15) is 0 Å². The maximum absolute atomic E-state index is 5.82. The number of rotatable bonds is 6. The second-order valence-electron chi connectivity index (χ2n) is 6.25. The zero-order valence-corrected chi connectivity index (χ0v) is 13.7. The first-order chi connectivity index (χ1) is 9.91. The highest BCUT2D eigenvalue weighted by molar-refractivity contribution is 5.82. The monoisotopic (exact) mass is 289 g/mol. The van der Waals surface area contributed by atoms with Gasteiger partial charge in [-0.05, 0) is 40.9 Å². The van der Waals surface area contributed by atoms with Crippen molar-refractivity contribution in [3.63, 3.8) is 0 Å². The Kier molecular flexibility index (Phi) is 4.66. The summed E-state index contributed by atoms with van der Waals surface area (Å²) < 4.78 is 2.06. The van der Waals surface area contributed by atoms with Crippen LogP contribution in [0.4, 0.5) is 0 Å². The lowest BCUT2D eigenvalue weighted by Crippen LogP contribution is -2.58. The van der Waals surface area contributed by atoms with Gasteiger partial charge in [0.25, 0.3) is 0 Å². The third kappa shape index (κ3) is 2.95. The molecule has 1 atom stereocenters. The summed E-state index contributed by atoms with van der Waals surface area (Å²) in [4.78, 5) is 2.19. The number of hydrogen-bond acceptors (Lipinski definition) is 4. The van der Waals surface area contributed by atoms with Gasteiger partial charge < -0.3 is 4.90 Å². The van der Waals surface area contributed by atoms with E-state index in [0.717, 1.165) is 18.7 Å². The zero-order valence-electron chi connectivity index (χ0n) is 13.7. The Hall–Kier alpha value is -1.43. The molecule has 0 amide bonds. The Balaban J connectivity index is 2.38. The van der Waals surface area contributed by atoms with Crippen LogP contribution in [0.2, 0.25) is 0 Å². The highest BCUT2D eigenvalue weighted by Gasteiger charge is 2.32. The van der Waals surface area contributed by atoms with Gasteiger partial charge in [0.2, 0.25) is 0 Å². The molecule has 0 aliphatic carbocycles. The SMILES string of the molecule is CCn1nc(CC(NN)C(C)(C)N(C)C)c2ccccc21. The molecule has 0 radical (unpaired) electrons. The fourth-order valence-electron chi connectivity index (χ4n) is 2.61. The first-order valence-corrected chi connectivity index (χ1v) is 7.49. The molecule has 0 aliphatic rings. The molecule has 21 heavy (non-hydrogen) atoms. The Bertz CT molecular complexity index is 600. The van der Waals surface area contributed by atoms with Crippen molar-refractivity contribution in [2.45, 2.75) is 45.3 Å². The number of nitrogens with two attached hydrogens (primary N) is 1. The summed E-state index contributed by atoms with van der Waals surface area (Å²) in [5.41, 5.74) is 5.20. The maximum atomic E-state index is 5.82. The summed E-state index contributed by atoms with van der Waals surface area (Å²) in [6, 6.07) is 8.51. The van der Waals surface area contributed by atoms with Gasteiger partial charge >= 0.3 is 0 Å². The highest BCUT2D eigenvalue weighted by atomic mass is 15.3. The van der Waals surface area contributed by atoms with Crippen LogP contribution in [0.1, 0.15) is 26.5 Å². The number of para-hydroxylation sites is 1. The van der Waals surface area contributed by atoms with E-state index in [1.807, 2.05) is 0 Å². The first-order valence-electron chi connectivity index (χ1n) is 7.49. The van der Waals surface area contributed by atoms with Crippen molar-refractivity contribution in [2.24, 2.45) is 5.84 Å². The van der Waals surface area contributed by atoms with Crippen molar-refractivity contribution in [1.29, 1.82) is 0 Å². The van der Waals surface area contributed by atoms with Crippen molar-refractivity contribution < 1.29 is 0 Å². The number of aryl methyl sites for hydroxylation is 1. The van der Waals surface area contributed by atoms with Gasteiger partial charge in [-0.15, -0.1) is 0 Å². The number of aromatic nitrogens is 2. The lowest BCUT2D eigenvalue weighted by molar-refractivity contribution is 0.137. The lowest BCUT2D eigenvalue weighted by Gasteiger charge is -2.39. The fraction of sp³-hybridized carbons (Fsp3) is 0.562. The van der Waals surface area contributed by atoms with Gasteiger partial charge in [0.15, 0.2) is 0 Å². The van der Waals surface area contributed by atoms with E-state index >= 15 is 0 Å². The van der Waals surface area contributed by atoms with Crippen LogP contribution in [0, 0.1) is 0 Å². The van der Waals surface area contributed by atoms with E-state index in [0.29, 0.717) is 0 Å². The lowest BCUT2D eigenvalue weighted by atomic mass is 9.89. The van der Waals surface area contributed by atoms with Crippen LogP contribution in [-0.4, -0.2) is 40.4 Å². The minimum atomic E-state index is -0.0636. The molecule has 1 unspecified atom stereocenters. The summed E-state index contributed by atoms with van der Waals surface area (Å²) in [6.07, 6.45) is 0.801. The van der Waals surface area contributed by atoms with Crippen LogP contribution < -0.4 is 11.3 Å². The molecule has 5 nitrogen and oxygen atoms in total. The minimum Gasteiger partial charge on any atom is -0.303 e. The molecule has 2 rings (SSSR count). The quantitative estimate of drug-likeness (QED) is 0.628. The van der Waals surface area contributed by atoms with Crippen molar-refractivity contribution in [1.82, 2.24) is 20.1 Å². The number of hydrazine groups is 1. The predicted molar refractivity (Wildman–Crippen MR) is 88.0 cm³/mol. The molecule has 0 bridgehead atoms. The van der Waals surface area contributed by atoms with Crippen LogP contribution in [0.5, 0.6) is 0 Å². The largest absolute Gasteiger partial charge is 0.303 e. The van der Waals surface area contributed by atoms with Crippen LogP contribution in [-0.2, 0) is 13.0 Å². The van der Waals surface area contributed by atoms with Gasteiger partial charge in [-0.3, -0.25) is 16.0 Å². The van der Waals surface area contributed by atoms with Gasteiger partial charge in [0, 0.05) is 29.9 Å². The van der Waals surface area contributed by atoms with E-state index in [-0.39, 0.29) is 11.6 Å². The number of benzene rings is 1. The number of nitrogens with one attached hydrogen (secondary N) is 1. The van der Waals surface area contributed by atoms with Crippen LogP contribution in [0.15, 0.2) is 24.3 Å². The van der Waals surface area contributed by atoms with E-state index in [9.17, 15) is 0 Å². The van der Waals surface area contributed by atoms with Gasteiger partial charge in [0.05, 0.1) is 11.2 Å². The summed E-state index contributed by atoms with van der Waals surface area (Å²) >= 11 is 0. The Labute approximate surface area is 127 Å². The van der Waals surface area contributed by atoms with Crippen molar-refractivity contribution in [3.05, 3.63) is 30.0 Å². The molecule has 5 heteroatoms. The molecule has 0 fully saturated rings. The molecular formula is C16H27N5. The molecule has 1 heterocycles.